The number of amides is 1. The number of carbonyl (C=O) groups is 1. The second-order valence-electron chi connectivity index (χ2n) is 6.08. The molecular weight excluding hydrogens is 406 g/mol. The van der Waals surface area contributed by atoms with E-state index in [4.69, 9.17) is 16.3 Å². The third-order valence-electron chi connectivity index (χ3n) is 4.16. The van der Waals surface area contributed by atoms with Gasteiger partial charge in [0.15, 0.2) is 5.03 Å². The number of piperazine rings is 1. The van der Waals surface area contributed by atoms with Crippen LogP contribution in [0, 0.1) is 0 Å². The van der Waals surface area contributed by atoms with Gasteiger partial charge in [0.25, 0.3) is 10.0 Å². The first-order chi connectivity index (χ1) is 13.4. The Balaban J connectivity index is 1.61. The van der Waals surface area contributed by atoms with Gasteiger partial charge in [-0.3, -0.25) is 4.79 Å². The maximum Gasteiger partial charge on any atom is 0.260 e. The smallest absolute Gasteiger partial charge is 0.260 e. The SMILES string of the molecule is COCC(=O)Nc1ccc(N2CCN(S(=O)(=O)c3cccc(Cl)n3)CC2)nc1. The summed E-state index contributed by atoms with van der Waals surface area (Å²) >= 11 is 5.81. The topological polar surface area (TPSA) is 105 Å². The van der Waals surface area contributed by atoms with Gasteiger partial charge in [-0.1, -0.05) is 17.7 Å². The molecule has 1 amide bonds. The molecule has 2 aromatic rings. The van der Waals surface area contributed by atoms with Crippen LogP contribution >= 0.6 is 11.6 Å². The Bertz CT molecular complexity index is 931. The lowest BCUT2D eigenvalue weighted by atomic mass is 10.3. The molecule has 1 N–H and O–H groups in total. The highest BCUT2D eigenvalue weighted by Gasteiger charge is 2.30. The average Bonchev–Trinajstić information content (AvgIpc) is 2.69. The largest absolute Gasteiger partial charge is 0.375 e. The summed E-state index contributed by atoms with van der Waals surface area (Å²) in [6.45, 7) is 1.57. The van der Waals surface area contributed by atoms with E-state index in [1.165, 1.54) is 23.5 Å². The number of methoxy groups -OCH3 is 1. The third kappa shape index (κ3) is 4.76. The molecule has 3 heterocycles. The second kappa shape index (κ2) is 8.82. The minimum atomic E-state index is -3.68. The van der Waals surface area contributed by atoms with E-state index < -0.39 is 10.0 Å². The zero-order valence-corrected chi connectivity index (χ0v) is 16.8. The molecule has 0 saturated carbocycles. The van der Waals surface area contributed by atoms with Gasteiger partial charge in [0, 0.05) is 33.3 Å². The number of rotatable bonds is 6. The molecule has 1 saturated heterocycles. The van der Waals surface area contributed by atoms with Crippen LogP contribution in [0.3, 0.4) is 0 Å². The number of aromatic nitrogens is 2. The Kier molecular flexibility index (Phi) is 6.45. The van der Waals surface area contributed by atoms with Crippen molar-refractivity contribution in [2.24, 2.45) is 0 Å². The standard InChI is InChI=1S/C17H20ClN5O4S/c1-27-12-16(24)20-13-5-6-15(19-11-13)22-7-9-23(10-8-22)28(25,26)17-4-2-3-14(18)21-17/h2-6,11H,7-10,12H2,1H3,(H,20,24). The first-order valence-electron chi connectivity index (χ1n) is 8.52. The summed E-state index contributed by atoms with van der Waals surface area (Å²) in [5.74, 6) is 0.452. The summed E-state index contributed by atoms with van der Waals surface area (Å²) in [5.41, 5.74) is 0.569. The highest BCUT2D eigenvalue weighted by atomic mass is 35.5. The molecule has 9 nitrogen and oxygen atoms in total. The van der Waals surface area contributed by atoms with Gasteiger partial charge in [0.05, 0.1) is 11.9 Å². The van der Waals surface area contributed by atoms with Gasteiger partial charge < -0.3 is 15.0 Å². The molecule has 28 heavy (non-hydrogen) atoms. The van der Waals surface area contributed by atoms with E-state index in [9.17, 15) is 13.2 Å². The van der Waals surface area contributed by atoms with Crippen LogP contribution in [0.25, 0.3) is 0 Å². The fraction of sp³-hybridized carbons (Fsp3) is 0.353. The van der Waals surface area contributed by atoms with E-state index >= 15 is 0 Å². The van der Waals surface area contributed by atoms with Crippen molar-refractivity contribution >= 4 is 39.0 Å². The van der Waals surface area contributed by atoms with Crippen LogP contribution in [0.2, 0.25) is 5.15 Å². The molecule has 0 atom stereocenters. The zero-order chi connectivity index (χ0) is 20.1. The van der Waals surface area contributed by atoms with Gasteiger partial charge in [-0.25, -0.2) is 18.4 Å². The molecule has 2 aromatic heterocycles. The van der Waals surface area contributed by atoms with Gasteiger partial charge in [-0.15, -0.1) is 0 Å². The van der Waals surface area contributed by atoms with Crippen LogP contribution in [-0.2, 0) is 19.6 Å². The maximum atomic E-state index is 12.7. The Labute approximate surface area is 168 Å². The predicted molar refractivity (Wildman–Crippen MR) is 105 cm³/mol. The van der Waals surface area contributed by atoms with Crippen molar-refractivity contribution in [2.75, 3.05) is 50.1 Å². The number of nitrogens with zero attached hydrogens (tertiary/aromatic N) is 4. The Morgan fingerprint density at radius 1 is 1.21 bits per heavy atom. The summed E-state index contributed by atoms with van der Waals surface area (Å²) in [7, 11) is -2.24. The molecule has 0 spiro atoms. The normalized spacial score (nSPS) is 15.4. The van der Waals surface area contributed by atoms with E-state index in [-0.39, 0.29) is 22.7 Å². The summed E-state index contributed by atoms with van der Waals surface area (Å²) in [5, 5.41) is 2.76. The minimum Gasteiger partial charge on any atom is -0.375 e. The summed E-state index contributed by atoms with van der Waals surface area (Å²) in [6.07, 6.45) is 1.56. The molecule has 1 aliphatic heterocycles. The van der Waals surface area contributed by atoms with Crippen molar-refractivity contribution in [3.05, 3.63) is 41.7 Å². The lowest BCUT2D eigenvalue weighted by molar-refractivity contribution is -0.119. The molecule has 3 rings (SSSR count). The van der Waals surface area contributed by atoms with Crippen LogP contribution < -0.4 is 10.2 Å². The highest BCUT2D eigenvalue weighted by Crippen LogP contribution is 2.20. The summed E-state index contributed by atoms with van der Waals surface area (Å²) < 4.78 is 31.6. The predicted octanol–water partition coefficient (Wildman–Crippen LogP) is 1.23. The highest BCUT2D eigenvalue weighted by molar-refractivity contribution is 7.89. The van der Waals surface area contributed by atoms with Crippen LogP contribution in [-0.4, -0.2) is 68.5 Å². The third-order valence-corrected chi connectivity index (χ3v) is 6.17. The van der Waals surface area contributed by atoms with Crippen molar-refractivity contribution in [1.29, 1.82) is 0 Å². The molecule has 0 aliphatic carbocycles. The van der Waals surface area contributed by atoms with Gasteiger partial charge in [0.2, 0.25) is 5.91 Å². The summed E-state index contributed by atoms with van der Waals surface area (Å²) in [6, 6.07) is 8.06. The van der Waals surface area contributed by atoms with E-state index in [1.807, 2.05) is 4.90 Å². The number of hydrogen-bond donors (Lipinski definition) is 1. The molecule has 0 aromatic carbocycles. The van der Waals surface area contributed by atoms with E-state index in [0.29, 0.717) is 37.7 Å². The number of pyridine rings is 2. The fourth-order valence-corrected chi connectivity index (χ4v) is 4.39. The van der Waals surface area contributed by atoms with E-state index in [2.05, 4.69) is 15.3 Å². The van der Waals surface area contributed by atoms with Gasteiger partial charge in [-0.05, 0) is 24.3 Å². The first kappa shape index (κ1) is 20.5. The lowest BCUT2D eigenvalue weighted by Gasteiger charge is -2.34. The molecule has 11 heteroatoms. The van der Waals surface area contributed by atoms with Crippen molar-refractivity contribution in [3.8, 4) is 0 Å². The molecule has 150 valence electrons. The molecule has 0 radical (unpaired) electrons. The van der Waals surface area contributed by atoms with E-state index in [1.54, 1.807) is 24.4 Å². The Morgan fingerprint density at radius 3 is 2.57 bits per heavy atom. The average molecular weight is 426 g/mol. The fourth-order valence-electron chi connectivity index (χ4n) is 2.80. The Hall–Kier alpha value is -2.27. The number of nitrogens with one attached hydrogen (secondary N) is 1. The molecule has 1 aliphatic rings. The number of halogens is 1. The van der Waals surface area contributed by atoms with Gasteiger partial charge in [0.1, 0.15) is 17.6 Å². The number of sulfonamides is 1. The second-order valence-corrected chi connectivity index (χ2v) is 8.35. The van der Waals surface area contributed by atoms with Crippen LogP contribution in [0.1, 0.15) is 0 Å². The van der Waals surface area contributed by atoms with Gasteiger partial charge in [-0.2, -0.15) is 4.31 Å². The lowest BCUT2D eigenvalue weighted by Crippen LogP contribution is -2.49. The van der Waals surface area contributed by atoms with Crippen LogP contribution in [0.5, 0.6) is 0 Å². The van der Waals surface area contributed by atoms with E-state index in [0.717, 1.165) is 0 Å². The van der Waals surface area contributed by atoms with Crippen LogP contribution in [0.15, 0.2) is 41.6 Å². The molecule has 0 unspecified atom stereocenters. The summed E-state index contributed by atoms with van der Waals surface area (Å²) in [4.78, 5) is 21.8. The molecular formula is C17H20ClN5O4S. The molecule has 0 bridgehead atoms. The zero-order valence-electron chi connectivity index (χ0n) is 15.2. The minimum absolute atomic E-state index is 0.0281. The van der Waals surface area contributed by atoms with Crippen molar-refractivity contribution in [2.45, 2.75) is 5.03 Å². The quantitative estimate of drug-likeness (QED) is 0.694. The number of hydrogen-bond acceptors (Lipinski definition) is 7. The first-order valence-corrected chi connectivity index (χ1v) is 10.3. The Morgan fingerprint density at radius 2 is 1.96 bits per heavy atom. The number of carbonyl (C=O) groups excluding carboxylic acids is 1. The van der Waals surface area contributed by atoms with Crippen molar-refractivity contribution < 1.29 is 17.9 Å². The number of anilines is 2. The van der Waals surface area contributed by atoms with Crippen molar-refractivity contribution in [1.82, 2.24) is 14.3 Å². The van der Waals surface area contributed by atoms with Gasteiger partial charge >= 0.3 is 0 Å². The maximum absolute atomic E-state index is 12.7. The van der Waals surface area contributed by atoms with Crippen LogP contribution in [0.4, 0.5) is 11.5 Å². The monoisotopic (exact) mass is 425 g/mol. The van der Waals surface area contributed by atoms with Crippen molar-refractivity contribution in [3.63, 3.8) is 0 Å². The molecule has 1 fully saturated rings. The number of ether oxygens (including phenoxy) is 1.